The molecule has 2 N–H and O–H groups in total. The van der Waals surface area contributed by atoms with E-state index in [0.29, 0.717) is 0 Å². The van der Waals surface area contributed by atoms with Gasteiger partial charge in [-0.1, -0.05) is 30.3 Å². The Bertz CT molecular complexity index is 1720. The summed E-state index contributed by atoms with van der Waals surface area (Å²) in [6.07, 6.45) is 0. The highest BCUT2D eigenvalue weighted by Crippen LogP contribution is 2.31. The molecule has 0 unspecified atom stereocenters. The van der Waals surface area contributed by atoms with Gasteiger partial charge in [-0.05, 0) is 73.2 Å². The normalized spacial score (nSPS) is 11.6. The van der Waals surface area contributed by atoms with Gasteiger partial charge in [0.2, 0.25) is 9.84 Å². The van der Waals surface area contributed by atoms with Crippen LogP contribution in [0.5, 0.6) is 5.75 Å². The van der Waals surface area contributed by atoms with Gasteiger partial charge < -0.3 is 10.1 Å². The Kier molecular flexibility index (Phi) is 7.51. The van der Waals surface area contributed by atoms with Crippen molar-refractivity contribution >= 4 is 37.1 Å². The van der Waals surface area contributed by atoms with Crippen molar-refractivity contribution in [1.82, 2.24) is 0 Å². The number of hydrogen-bond acceptors (Lipinski definition) is 6. The van der Waals surface area contributed by atoms with Crippen molar-refractivity contribution in [3.05, 3.63) is 108 Å². The number of sulfone groups is 1. The van der Waals surface area contributed by atoms with Gasteiger partial charge in [-0.25, -0.2) is 21.2 Å². The fourth-order valence-corrected chi connectivity index (χ4v) is 6.38. The monoisotopic (exact) mass is 554 g/mol. The van der Waals surface area contributed by atoms with E-state index in [9.17, 15) is 26.0 Å². The van der Waals surface area contributed by atoms with E-state index in [4.69, 9.17) is 4.74 Å². The number of carbonyl (C=O) groups excluding carboxylic acids is 1. The zero-order valence-electron chi connectivity index (χ0n) is 20.3. The predicted octanol–water partition coefficient (Wildman–Crippen LogP) is 5.03. The number of amides is 1. The molecule has 0 saturated heterocycles. The van der Waals surface area contributed by atoms with E-state index >= 15 is 0 Å². The van der Waals surface area contributed by atoms with Crippen LogP contribution in [0.25, 0.3) is 0 Å². The number of para-hydroxylation sites is 1. The molecule has 0 spiro atoms. The summed E-state index contributed by atoms with van der Waals surface area (Å²) in [6, 6.07) is 21.0. The lowest BCUT2D eigenvalue weighted by molar-refractivity contribution is 0.102. The number of halogens is 1. The van der Waals surface area contributed by atoms with E-state index in [-0.39, 0.29) is 42.9 Å². The standard InChI is InChI=1S/C27H23FN2O6S2/c1-18-16-19(28)12-15-26(18)38(34,35)30-23-11-7-6-10-22(23)27(31)29-24-17-21(13-14-25(24)36-2)37(32,33)20-8-4-3-5-9-20/h3-17,30H,1-2H3,(H,29,31). The maximum atomic E-state index is 13.5. The third kappa shape index (κ3) is 5.53. The molecule has 4 aromatic carbocycles. The quantitative estimate of drug-likeness (QED) is 0.315. The summed E-state index contributed by atoms with van der Waals surface area (Å²) in [7, 11) is -6.68. The maximum absolute atomic E-state index is 13.5. The van der Waals surface area contributed by atoms with Gasteiger partial charge in [-0.3, -0.25) is 9.52 Å². The first kappa shape index (κ1) is 26.8. The largest absolute Gasteiger partial charge is 0.495 e. The number of aryl methyl sites for hydroxylation is 1. The molecule has 0 atom stereocenters. The molecule has 4 rings (SSSR count). The molecule has 0 saturated carbocycles. The summed E-state index contributed by atoms with van der Waals surface area (Å²) in [5, 5.41) is 2.61. The van der Waals surface area contributed by atoms with Crippen LogP contribution >= 0.6 is 0 Å². The Morgan fingerprint density at radius 2 is 1.47 bits per heavy atom. The molecule has 0 radical (unpaired) electrons. The molecule has 11 heteroatoms. The Labute approximate surface area is 220 Å². The number of methoxy groups -OCH3 is 1. The first-order chi connectivity index (χ1) is 18.0. The third-order valence-electron chi connectivity index (χ3n) is 5.63. The summed E-state index contributed by atoms with van der Waals surface area (Å²) in [6.45, 7) is 1.46. The highest BCUT2D eigenvalue weighted by Gasteiger charge is 2.23. The zero-order chi connectivity index (χ0) is 27.5. The number of anilines is 2. The van der Waals surface area contributed by atoms with Gasteiger partial charge in [-0.15, -0.1) is 0 Å². The van der Waals surface area contributed by atoms with Crippen LogP contribution in [-0.4, -0.2) is 29.9 Å². The lowest BCUT2D eigenvalue weighted by atomic mass is 10.1. The fourth-order valence-electron chi connectivity index (χ4n) is 3.76. The third-order valence-corrected chi connectivity index (χ3v) is 8.92. The molecule has 0 aliphatic carbocycles. The molecule has 0 fully saturated rings. The van der Waals surface area contributed by atoms with E-state index in [1.165, 1.54) is 56.5 Å². The highest BCUT2D eigenvalue weighted by atomic mass is 32.2. The zero-order valence-corrected chi connectivity index (χ0v) is 21.9. The second-order valence-electron chi connectivity index (χ2n) is 8.19. The van der Waals surface area contributed by atoms with Gasteiger partial charge in [0.15, 0.2) is 0 Å². The van der Waals surface area contributed by atoms with Gasteiger partial charge in [0.1, 0.15) is 11.6 Å². The number of nitrogens with one attached hydrogen (secondary N) is 2. The SMILES string of the molecule is COc1ccc(S(=O)(=O)c2ccccc2)cc1NC(=O)c1ccccc1NS(=O)(=O)c1ccc(F)cc1C. The highest BCUT2D eigenvalue weighted by molar-refractivity contribution is 7.92. The van der Waals surface area contributed by atoms with Crippen LogP contribution < -0.4 is 14.8 Å². The lowest BCUT2D eigenvalue weighted by Gasteiger charge is -2.16. The van der Waals surface area contributed by atoms with E-state index in [1.54, 1.807) is 30.3 Å². The van der Waals surface area contributed by atoms with E-state index in [1.807, 2.05) is 0 Å². The number of rotatable bonds is 8. The first-order valence-corrected chi connectivity index (χ1v) is 14.2. The van der Waals surface area contributed by atoms with Gasteiger partial charge in [-0.2, -0.15) is 0 Å². The molecule has 0 aromatic heterocycles. The Hall–Kier alpha value is -4.22. The molecular formula is C27H23FN2O6S2. The molecule has 4 aromatic rings. The van der Waals surface area contributed by atoms with Crippen LogP contribution in [0.15, 0.2) is 106 Å². The minimum absolute atomic E-state index is 0.0271. The molecule has 0 aliphatic rings. The predicted molar refractivity (Wildman–Crippen MR) is 141 cm³/mol. The lowest BCUT2D eigenvalue weighted by Crippen LogP contribution is -2.19. The van der Waals surface area contributed by atoms with Crippen LogP contribution in [0.1, 0.15) is 15.9 Å². The molecule has 38 heavy (non-hydrogen) atoms. The molecule has 0 bridgehead atoms. The van der Waals surface area contributed by atoms with Crippen molar-refractivity contribution in [2.75, 3.05) is 17.1 Å². The van der Waals surface area contributed by atoms with E-state index in [0.717, 1.165) is 18.2 Å². The average molecular weight is 555 g/mol. The van der Waals surface area contributed by atoms with E-state index < -0.39 is 31.6 Å². The van der Waals surface area contributed by atoms with Crippen LogP contribution in [-0.2, 0) is 19.9 Å². The Balaban J connectivity index is 1.67. The maximum Gasteiger partial charge on any atom is 0.262 e. The second kappa shape index (κ2) is 10.6. The summed E-state index contributed by atoms with van der Waals surface area (Å²) in [5.74, 6) is -1.09. The number of hydrogen-bond donors (Lipinski definition) is 2. The minimum atomic E-state index is -4.16. The number of ether oxygens (including phenoxy) is 1. The van der Waals surface area contributed by atoms with Crippen LogP contribution in [0.2, 0.25) is 0 Å². The molecule has 8 nitrogen and oxygen atoms in total. The second-order valence-corrected chi connectivity index (χ2v) is 11.8. The molecule has 0 heterocycles. The minimum Gasteiger partial charge on any atom is -0.495 e. The van der Waals surface area contributed by atoms with Crippen molar-refractivity contribution in [2.24, 2.45) is 0 Å². The smallest absolute Gasteiger partial charge is 0.262 e. The average Bonchev–Trinajstić information content (AvgIpc) is 2.89. The Morgan fingerprint density at radius 3 is 2.16 bits per heavy atom. The molecule has 1 amide bonds. The van der Waals surface area contributed by atoms with E-state index in [2.05, 4.69) is 10.0 Å². The summed E-state index contributed by atoms with van der Waals surface area (Å²) in [4.78, 5) is 13.1. The van der Waals surface area contributed by atoms with Crippen LogP contribution in [0, 0.1) is 12.7 Å². The van der Waals surface area contributed by atoms with Crippen molar-refractivity contribution in [1.29, 1.82) is 0 Å². The van der Waals surface area contributed by atoms with Crippen molar-refractivity contribution < 1.29 is 30.8 Å². The Morgan fingerprint density at radius 1 is 0.789 bits per heavy atom. The summed E-state index contributed by atoms with van der Waals surface area (Å²) < 4.78 is 73.3. The van der Waals surface area contributed by atoms with Gasteiger partial charge in [0, 0.05) is 0 Å². The fraction of sp³-hybridized carbons (Fsp3) is 0.0741. The first-order valence-electron chi connectivity index (χ1n) is 11.2. The molecule has 196 valence electrons. The van der Waals surface area contributed by atoms with Crippen molar-refractivity contribution in [3.8, 4) is 5.75 Å². The number of benzene rings is 4. The number of sulfonamides is 1. The number of carbonyl (C=O) groups is 1. The van der Waals surface area contributed by atoms with Gasteiger partial charge >= 0.3 is 0 Å². The van der Waals surface area contributed by atoms with Gasteiger partial charge in [0.25, 0.3) is 15.9 Å². The molecule has 0 aliphatic heterocycles. The topological polar surface area (TPSA) is 119 Å². The summed E-state index contributed by atoms with van der Waals surface area (Å²) >= 11 is 0. The van der Waals surface area contributed by atoms with Crippen molar-refractivity contribution in [2.45, 2.75) is 21.6 Å². The van der Waals surface area contributed by atoms with Crippen LogP contribution in [0.3, 0.4) is 0 Å². The van der Waals surface area contributed by atoms with Crippen LogP contribution in [0.4, 0.5) is 15.8 Å². The summed E-state index contributed by atoms with van der Waals surface area (Å²) in [5.41, 5.74) is 0.206. The molecular weight excluding hydrogens is 531 g/mol. The van der Waals surface area contributed by atoms with Crippen molar-refractivity contribution in [3.63, 3.8) is 0 Å². The van der Waals surface area contributed by atoms with Gasteiger partial charge in [0.05, 0.1) is 38.7 Å².